The number of fused-ring (bicyclic) bond motifs is 1. The Hall–Kier alpha value is -2.22. The van der Waals surface area contributed by atoms with E-state index in [-0.39, 0.29) is 12.4 Å². The number of hydrogen-bond acceptors (Lipinski definition) is 6. The fraction of sp³-hybridized carbons (Fsp3) is 0.593. The number of aliphatic hydroxyl groups is 2. The monoisotopic (exact) mass is 503 g/mol. The highest BCUT2D eigenvalue weighted by molar-refractivity contribution is 6.31. The Morgan fingerprint density at radius 1 is 1.23 bits per heavy atom. The lowest BCUT2D eigenvalue weighted by molar-refractivity contribution is -0.166. The molecule has 2 N–H and O–H groups in total. The number of aromatic nitrogens is 3. The van der Waals surface area contributed by atoms with Crippen LogP contribution in [0.5, 0.6) is 0 Å². The van der Waals surface area contributed by atoms with Gasteiger partial charge in [0.25, 0.3) is 0 Å². The molecule has 0 saturated carbocycles. The Balaban J connectivity index is 1.80. The highest BCUT2D eigenvalue weighted by atomic mass is 35.5. The van der Waals surface area contributed by atoms with E-state index >= 15 is 0 Å². The molecule has 0 bridgehead atoms. The van der Waals surface area contributed by atoms with E-state index in [0.717, 1.165) is 31.3 Å². The van der Waals surface area contributed by atoms with Crippen LogP contribution in [0.25, 0.3) is 11.0 Å². The average Bonchev–Trinajstić information content (AvgIpc) is 3.19. The van der Waals surface area contributed by atoms with Crippen molar-refractivity contribution in [2.24, 2.45) is 11.3 Å². The third kappa shape index (κ3) is 6.72. The second-order valence-electron chi connectivity index (χ2n) is 10.5. The average molecular weight is 504 g/mol. The van der Waals surface area contributed by atoms with Crippen LogP contribution >= 0.6 is 11.6 Å². The Morgan fingerprint density at radius 2 is 1.94 bits per heavy atom. The largest absolute Gasteiger partial charge is 0.465 e. The molecule has 8 heteroatoms. The second kappa shape index (κ2) is 11.2. The smallest absolute Gasteiger partial charge is 0.306 e. The molecule has 2 aromatic rings. The van der Waals surface area contributed by atoms with Gasteiger partial charge in [-0.3, -0.25) is 4.79 Å². The zero-order valence-corrected chi connectivity index (χ0v) is 22.2. The second-order valence-corrected chi connectivity index (χ2v) is 10.9. The fourth-order valence-electron chi connectivity index (χ4n) is 4.43. The van der Waals surface area contributed by atoms with Gasteiger partial charge in [0.2, 0.25) is 5.79 Å². The van der Waals surface area contributed by atoms with E-state index in [9.17, 15) is 15.0 Å². The third-order valence-electron chi connectivity index (χ3n) is 6.57. The van der Waals surface area contributed by atoms with E-state index < -0.39 is 17.2 Å². The van der Waals surface area contributed by atoms with Crippen molar-refractivity contribution < 1.29 is 19.7 Å². The number of carbonyl (C=O) groups is 1. The predicted molar refractivity (Wildman–Crippen MR) is 138 cm³/mol. The quantitative estimate of drug-likeness (QED) is 0.316. The van der Waals surface area contributed by atoms with Gasteiger partial charge in [-0.1, -0.05) is 71.6 Å². The number of ether oxygens (including phenoxy) is 1. The molecule has 1 aliphatic carbocycles. The lowest BCUT2D eigenvalue weighted by Crippen LogP contribution is -2.46. The minimum Gasteiger partial charge on any atom is -0.465 e. The van der Waals surface area contributed by atoms with Crippen LogP contribution in [0.2, 0.25) is 5.02 Å². The molecule has 192 valence electrons. The molecule has 0 spiro atoms. The van der Waals surface area contributed by atoms with Crippen LogP contribution in [0.4, 0.5) is 0 Å². The number of allylic oxidation sites excluding steroid dienone is 2. The van der Waals surface area contributed by atoms with Crippen molar-refractivity contribution in [1.29, 1.82) is 0 Å². The molecule has 7 nitrogen and oxygen atoms in total. The normalized spacial score (nSPS) is 18.8. The summed E-state index contributed by atoms with van der Waals surface area (Å²) in [6.07, 6.45) is 8.46. The lowest BCUT2D eigenvalue weighted by atomic mass is 9.74. The van der Waals surface area contributed by atoms with Crippen LogP contribution in [0, 0.1) is 11.3 Å². The zero-order valence-electron chi connectivity index (χ0n) is 21.4. The van der Waals surface area contributed by atoms with Gasteiger partial charge in [0.05, 0.1) is 6.61 Å². The highest BCUT2D eigenvalue weighted by Crippen LogP contribution is 2.43. The minimum absolute atomic E-state index is 0.213. The standard InChI is InChI=1S/C27H38ClN3O4/c1-6-8-9-18(7-2)17-35-25(32)13-10-19-14-23(26(3,4)5)27(33,34)24(15-19)31-29-21-12-11-20(28)16-22(21)30-31/h11-12,14-16,18,24,33-34H,6-10,13,17H2,1-5H3. The molecule has 2 atom stereocenters. The van der Waals surface area contributed by atoms with Crippen LogP contribution in [0.1, 0.15) is 79.2 Å². The van der Waals surface area contributed by atoms with Gasteiger partial charge in [0.1, 0.15) is 17.1 Å². The van der Waals surface area contributed by atoms with Crippen LogP contribution in [-0.4, -0.2) is 43.6 Å². The summed E-state index contributed by atoms with van der Waals surface area (Å²) in [6, 6.07) is 4.18. The Morgan fingerprint density at radius 3 is 2.60 bits per heavy atom. The summed E-state index contributed by atoms with van der Waals surface area (Å²) < 4.78 is 5.55. The van der Waals surface area contributed by atoms with Crippen LogP contribution < -0.4 is 0 Å². The van der Waals surface area contributed by atoms with E-state index in [1.54, 1.807) is 30.4 Å². The van der Waals surface area contributed by atoms with Crippen molar-refractivity contribution in [2.75, 3.05) is 6.61 Å². The molecule has 1 aromatic heterocycles. The maximum atomic E-state index is 12.5. The summed E-state index contributed by atoms with van der Waals surface area (Å²) in [5.74, 6) is -2.05. The van der Waals surface area contributed by atoms with Crippen LogP contribution in [0.3, 0.4) is 0 Å². The van der Waals surface area contributed by atoms with Crippen LogP contribution in [-0.2, 0) is 9.53 Å². The number of carbonyl (C=O) groups excluding carboxylic acids is 1. The molecule has 2 unspecified atom stereocenters. The van der Waals surface area contributed by atoms with Gasteiger partial charge < -0.3 is 14.9 Å². The lowest BCUT2D eigenvalue weighted by Gasteiger charge is -2.40. The highest BCUT2D eigenvalue weighted by Gasteiger charge is 2.46. The number of hydrogen-bond donors (Lipinski definition) is 2. The van der Waals surface area contributed by atoms with Gasteiger partial charge in [-0.05, 0) is 59.6 Å². The maximum absolute atomic E-state index is 12.5. The Kier molecular flexibility index (Phi) is 8.78. The summed E-state index contributed by atoms with van der Waals surface area (Å²) in [5, 5.41) is 31.9. The molecule has 1 aliphatic rings. The van der Waals surface area contributed by atoms with Crippen LogP contribution in [0.15, 0.2) is 41.5 Å². The van der Waals surface area contributed by atoms with Gasteiger partial charge in [0, 0.05) is 11.4 Å². The Bertz CT molecular complexity index is 1100. The molecular formula is C27H38ClN3O4. The van der Waals surface area contributed by atoms with E-state index in [1.165, 1.54) is 4.80 Å². The molecule has 0 amide bonds. The van der Waals surface area contributed by atoms with Crippen molar-refractivity contribution in [1.82, 2.24) is 15.0 Å². The molecular weight excluding hydrogens is 466 g/mol. The number of rotatable bonds is 10. The SMILES string of the molecule is CCCCC(CC)COC(=O)CCC1=CC(n2nc3ccc(Cl)cc3n2)C(O)(O)C(C(C)(C)C)=C1. The number of halogens is 1. The molecule has 1 aromatic carbocycles. The molecule has 0 saturated heterocycles. The third-order valence-corrected chi connectivity index (χ3v) is 6.80. The zero-order chi connectivity index (χ0) is 25.8. The van der Waals surface area contributed by atoms with Gasteiger partial charge >= 0.3 is 5.97 Å². The van der Waals surface area contributed by atoms with Crippen molar-refractivity contribution in [2.45, 2.75) is 85.0 Å². The molecule has 35 heavy (non-hydrogen) atoms. The molecule has 0 aliphatic heterocycles. The van der Waals surface area contributed by atoms with Crippen molar-refractivity contribution in [3.8, 4) is 0 Å². The number of nitrogens with zero attached hydrogens (tertiary/aromatic N) is 3. The van der Waals surface area contributed by atoms with Gasteiger partial charge in [-0.25, -0.2) is 0 Å². The minimum atomic E-state index is -2.20. The summed E-state index contributed by atoms with van der Waals surface area (Å²) >= 11 is 6.09. The molecule has 3 rings (SSSR count). The van der Waals surface area contributed by atoms with Crippen molar-refractivity contribution in [3.05, 3.63) is 46.5 Å². The summed E-state index contributed by atoms with van der Waals surface area (Å²) in [4.78, 5) is 13.8. The molecule has 0 radical (unpaired) electrons. The van der Waals surface area contributed by atoms with E-state index in [0.29, 0.717) is 40.6 Å². The summed E-state index contributed by atoms with van der Waals surface area (Å²) in [7, 11) is 0. The fourth-order valence-corrected chi connectivity index (χ4v) is 4.59. The first-order valence-electron chi connectivity index (χ1n) is 12.5. The topological polar surface area (TPSA) is 97.5 Å². The summed E-state index contributed by atoms with van der Waals surface area (Å²) in [5.41, 5.74) is 1.88. The van der Waals surface area contributed by atoms with Crippen molar-refractivity contribution >= 4 is 28.6 Å². The summed E-state index contributed by atoms with van der Waals surface area (Å²) in [6.45, 7) is 10.5. The van der Waals surface area contributed by atoms with Gasteiger partial charge in [-0.2, -0.15) is 15.0 Å². The first-order valence-corrected chi connectivity index (χ1v) is 12.9. The first-order chi connectivity index (χ1) is 16.5. The predicted octanol–water partition coefficient (Wildman–Crippen LogP) is 5.76. The molecule has 1 heterocycles. The molecule has 0 fully saturated rings. The van der Waals surface area contributed by atoms with Gasteiger partial charge in [0.15, 0.2) is 0 Å². The van der Waals surface area contributed by atoms with Gasteiger partial charge in [-0.15, -0.1) is 0 Å². The number of unbranched alkanes of at least 4 members (excludes halogenated alkanes) is 1. The van der Waals surface area contributed by atoms with E-state index in [1.807, 2.05) is 20.8 Å². The maximum Gasteiger partial charge on any atom is 0.306 e. The number of esters is 1. The van der Waals surface area contributed by atoms with E-state index in [2.05, 4.69) is 24.0 Å². The number of benzene rings is 1. The van der Waals surface area contributed by atoms with E-state index in [4.69, 9.17) is 16.3 Å². The Labute approximate surface area is 212 Å². The first kappa shape index (κ1) is 27.4. The van der Waals surface area contributed by atoms with Crippen molar-refractivity contribution in [3.63, 3.8) is 0 Å².